The molecule has 2 heteroatoms. The average molecular weight is 247 g/mol. The third-order valence-corrected chi connectivity index (χ3v) is 4.11. The third-order valence-electron chi connectivity index (χ3n) is 4.11. The average Bonchev–Trinajstić information content (AvgIpc) is 2.40. The van der Waals surface area contributed by atoms with E-state index < -0.39 is 0 Å². The van der Waals surface area contributed by atoms with Crippen molar-refractivity contribution >= 4 is 0 Å². The molecule has 0 aliphatic carbocycles. The van der Waals surface area contributed by atoms with Crippen LogP contribution >= 0.6 is 0 Å². The molecular formula is C16H25NO. The van der Waals surface area contributed by atoms with Crippen molar-refractivity contribution in [3.8, 4) is 5.75 Å². The predicted molar refractivity (Wildman–Crippen MR) is 76.1 cm³/mol. The van der Waals surface area contributed by atoms with Gasteiger partial charge >= 0.3 is 0 Å². The first-order valence-electron chi connectivity index (χ1n) is 7.14. The highest BCUT2D eigenvalue weighted by atomic mass is 16.5. The molecule has 3 unspecified atom stereocenters. The van der Waals surface area contributed by atoms with Crippen LogP contribution in [0.3, 0.4) is 0 Å². The Hall–Kier alpha value is -1.02. The van der Waals surface area contributed by atoms with Gasteiger partial charge in [0.1, 0.15) is 5.75 Å². The Morgan fingerprint density at radius 1 is 1.39 bits per heavy atom. The van der Waals surface area contributed by atoms with Crippen LogP contribution < -0.4 is 10.1 Å². The fourth-order valence-corrected chi connectivity index (χ4v) is 3.20. The first-order chi connectivity index (χ1) is 8.76. The molecule has 0 fully saturated rings. The van der Waals surface area contributed by atoms with Crippen LogP contribution in [0.5, 0.6) is 5.75 Å². The van der Waals surface area contributed by atoms with E-state index in [1.54, 1.807) is 0 Å². The van der Waals surface area contributed by atoms with Gasteiger partial charge in [-0.25, -0.2) is 0 Å². The van der Waals surface area contributed by atoms with Gasteiger partial charge in [0.05, 0.1) is 6.61 Å². The summed E-state index contributed by atoms with van der Waals surface area (Å²) in [6, 6.07) is 8.98. The van der Waals surface area contributed by atoms with E-state index in [1.807, 2.05) is 0 Å². The van der Waals surface area contributed by atoms with Crippen LogP contribution in [0, 0.1) is 11.8 Å². The van der Waals surface area contributed by atoms with Crippen molar-refractivity contribution in [3.05, 3.63) is 29.8 Å². The Bertz CT molecular complexity index is 377. The maximum Gasteiger partial charge on any atom is 0.122 e. The molecule has 2 rings (SSSR count). The molecule has 0 radical (unpaired) electrons. The van der Waals surface area contributed by atoms with Gasteiger partial charge in [-0.1, -0.05) is 38.5 Å². The fraction of sp³-hybridized carbons (Fsp3) is 0.625. The summed E-state index contributed by atoms with van der Waals surface area (Å²) < 4.78 is 5.91. The van der Waals surface area contributed by atoms with Crippen LogP contribution in [-0.2, 0) is 6.42 Å². The second-order valence-corrected chi connectivity index (χ2v) is 5.46. The molecule has 100 valence electrons. The summed E-state index contributed by atoms with van der Waals surface area (Å²) in [4.78, 5) is 0. The molecule has 3 atom stereocenters. The topological polar surface area (TPSA) is 21.3 Å². The fourth-order valence-electron chi connectivity index (χ4n) is 3.20. The number of para-hydroxylation sites is 1. The van der Waals surface area contributed by atoms with Crippen LogP contribution in [-0.4, -0.2) is 19.7 Å². The zero-order valence-electron chi connectivity index (χ0n) is 11.8. The SMILES string of the molecule is CCCC(C)C(NC)C1COc2ccccc2C1. The van der Waals surface area contributed by atoms with Gasteiger partial charge < -0.3 is 10.1 Å². The molecule has 1 N–H and O–H groups in total. The molecule has 18 heavy (non-hydrogen) atoms. The van der Waals surface area contributed by atoms with Crippen LogP contribution in [0.4, 0.5) is 0 Å². The van der Waals surface area contributed by atoms with E-state index in [0.717, 1.165) is 18.8 Å². The summed E-state index contributed by atoms with van der Waals surface area (Å²) in [5, 5.41) is 3.51. The number of rotatable bonds is 5. The van der Waals surface area contributed by atoms with Gasteiger partial charge in [-0.3, -0.25) is 0 Å². The Morgan fingerprint density at radius 3 is 2.89 bits per heavy atom. The smallest absolute Gasteiger partial charge is 0.122 e. The quantitative estimate of drug-likeness (QED) is 0.862. The Balaban J connectivity index is 2.06. The number of hydrogen-bond donors (Lipinski definition) is 1. The lowest BCUT2D eigenvalue weighted by Gasteiger charge is -2.35. The predicted octanol–water partition coefficient (Wildman–Crippen LogP) is 3.26. The summed E-state index contributed by atoms with van der Waals surface area (Å²) in [7, 11) is 2.08. The number of nitrogens with one attached hydrogen (secondary N) is 1. The van der Waals surface area contributed by atoms with Crippen LogP contribution in [0.1, 0.15) is 32.3 Å². The van der Waals surface area contributed by atoms with E-state index in [9.17, 15) is 0 Å². The van der Waals surface area contributed by atoms with E-state index in [2.05, 4.69) is 50.5 Å². The van der Waals surface area contributed by atoms with Crippen molar-refractivity contribution in [2.24, 2.45) is 11.8 Å². The van der Waals surface area contributed by atoms with E-state index >= 15 is 0 Å². The Kier molecular flexibility index (Phi) is 4.65. The lowest BCUT2D eigenvalue weighted by Crippen LogP contribution is -2.44. The number of hydrogen-bond acceptors (Lipinski definition) is 2. The van der Waals surface area contributed by atoms with E-state index in [1.165, 1.54) is 18.4 Å². The molecule has 1 heterocycles. The van der Waals surface area contributed by atoms with Crippen molar-refractivity contribution in [2.75, 3.05) is 13.7 Å². The molecule has 0 aromatic heterocycles. The molecule has 0 spiro atoms. The minimum atomic E-state index is 0.554. The summed E-state index contributed by atoms with van der Waals surface area (Å²) >= 11 is 0. The molecule has 0 saturated heterocycles. The van der Waals surface area contributed by atoms with Gasteiger partial charge in [0.2, 0.25) is 0 Å². The van der Waals surface area contributed by atoms with E-state index in [0.29, 0.717) is 17.9 Å². The summed E-state index contributed by atoms with van der Waals surface area (Å²) in [5.74, 6) is 2.37. The van der Waals surface area contributed by atoms with Gasteiger partial charge in [-0.2, -0.15) is 0 Å². The molecule has 1 aliphatic rings. The second kappa shape index (κ2) is 6.24. The number of ether oxygens (including phenoxy) is 1. The standard InChI is InChI=1S/C16H25NO/c1-4-7-12(2)16(17-3)14-10-13-8-5-6-9-15(13)18-11-14/h5-6,8-9,12,14,16-17H,4,7,10-11H2,1-3H3. The molecule has 1 aromatic rings. The molecule has 0 saturated carbocycles. The number of fused-ring (bicyclic) bond motifs is 1. The lowest BCUT2D eigenvalue weighted by atomic mass is 9.82. The molecule has 1 aliphatic heterocycles. The minimum Gasteiger partial charge on any atom is -0.493 e. The molecule has 2 nitrogen and oxygen atoms in total. The molecule has 0 bridgehead atoms. The number of benzene rings is 1. The Labute approximate surface area is 111 Å². The normalized spacial score (nSPS) is 21.8. The van der Waals surface area contributed by atoms with Gasteiger partial charge in [0.15, 0.2) is 0 Å². The highest BCUT2D eigenvalue weighted by Crippen LogP contribution is 2.30. The van der Waals surface area contributed by atoms with Gasteiger partial charge in [-0.05, 0) is 37.4 Å². The molecular weight excluding hydrogens is 222 g/mol. The maximum absolute atomic E-state index is 5.91. The van der Waals surface area contributed by atoms with Crippen molar-refractivity contribution in [2.45, 2.75) is 39.2 Å². The second-order valence-electron chi connectivity index (χ2n) is 5.46. The zero-order valence-corrected chi connectivity index (χ0v) is 11.8. The van der Waals surface area contributed by atoms with Crippen LogP contribution in [0.25, 0.3) is 0 Å². The van der Waals surface area contributed by atoms with Gasteiger partial charge in [-0.15, -0.1) is 0 Å². The van der Waals surface area contributed by atoms with Crippen LogP contribution in [0.15, 0.2) is 24.3 Å². The van der Waals surface area contributed by atoms with Crippen molar-refractivity contribution < 1.29 is 4.74 Å². The summed E-state index contributed by atoms with van der Waals surface area (Å²) in [6.07, 6.45) is 3.67. The van der Waals surface area contributed by atoms with Crippen molar-refractivity contribution in [1.29, 1.82) is 0 Å². The van der Waals surface area contributed by atoms with Crippen LogP contribution in [0.2, 0.25) is 0 Å². The van der Waals surface area contributed by atoms with Crippen molar-refractivity contribution in [3.63, 3.8) is 0 Å². The molecule has 0 amide bonds. The highest BCUT2D eigenvalue weighted by molar-refractivity contribution is 5.35. The highest BCUT2D eigenvalue weighted by Gasteiger charge is 2.29. The largest absolute Gasteiger partial charge is 0.493 e. The zero-order chi connectivity index (χ0) is 13.0. The third kappa shape index (κ3) is 2.86. The minimum absolute atomic E-state index is 0.554. The Morgan fingerprint density at radius 2 is 2.17 bits per heavy atom. The summed E-state index contributed by atoms with van der Waals surface area (Å²) in [5.41, 5.74) is 1.36. The summed E-state index contributed by atoms with van der Waals surface area (Å²) in [6.45, 7) is 5.46. The maximum atomic E-state index is 5.91. The lowest BCUT2D eigenvalue weighted by molar-refractivity contribution is 0.158. The van der Waals surface area contributed by atoms with Gasteiger partial charge in [0.25, 0.3) is 0 Å². The van der Waals surface area contributed by atoms with Gasteiger partial charge in [0, 0.05) is 12.0 Å². The van der Waals surface area contributed by atoms with E-state index in [4.69, 9.17) is 4.74 Å². The monoisotopic (exact) mass is 247 g/mol. The van der Waals surface area contributed by atoms with Crippen molar-refractivity contribution in [1.82, 2.24) is 5.32 Å². The first kappa shape index (κ1) is 13.4. The van der Waals surface area contributed by atoms with E-state index in [-0.39, 0.29) is 0 Å². The molecule has 1 aromatic carbocycles. The first-order valence-corrected chi connectivity index (χ1v) is 7.14.